The van der Waals surface area contributed by atoms with Gasteiger partial charge in [-0.15, -0.1) is 0 Å². The number of alkyl halides is 3. The van der Waals surface area contributed by atoms with E-state index in [9.17, 15) is 17.6 Å². The summed E-state index contributed by atoms with van der Waals surface area (Å²) in [6.07, 6.45) is -7.46. The van der Waals surface area contributed by atoms with Gasteiger partial charge in [-0.25, -0.2) is 4.39 Å². The molecule has 0 bridgehead atoms. The Morgan fingerprint density at radius 3 is 2.39 bits per heavy atom. The predicted molar refractivity (Wildman–Crippen MR) is 60.8 cm³/mol. The van der Waals surface area contributed by atoms with Gasteiger partial charge in [-0.05, 0) is 6.07 Å². The number of nitrogen functional groups attached to an aromatic ring is 2. The van der Waals surface area contributed by atoms with Gasteiger partial charge in [0.05, 0.1) is 17.1 Å². The van der Waals surface area contributed by atoms with E-state index in [0.717, 1.165) is 6.07 Å². The smallest absolute Gasteiger partial charge is 0.397 e. The predicted octanol–water partition coefficient (Wildman–Crippen LogP) is 1.98. The largest absolute Gasteiger partial charge is 0.416 e. The normalized spacial score (nSPS) is 13.4. The Morgan fingerprint density at radius 1 is 1.33 bits per heavy atom. The van der Waals surface area contributed by atoms with E-state index in [2.05, 4.69) is 0 Å². The SMILES string of the molecule is Nc1cc(N)c(NCC(O)C(F)(F)F)c(F)c1Cl. The van der Waals surface area contributed by atoms with E-state index in [0.29, 0.717) is 0 Å². The number of hydrogen-bond acceptors (Lipinski definition) is 4. The Kier molecular flexibility index (Phi) is 4.12. The molecular weight excluding hydrogens is 278 g/mol. The first-order valence-corrected chi connectivity index (χ1v) is 5.04. The quantitative estimate of drug-likeness (QED) is 0.506. The van der Waals surface area contributed by atoms with Crippen molar-refractivity contribution in [1.82, 2.24) is 0 Å². The van der Waals surface area contributed by atoms with Gasteiger partial charge in [0.25, 0.3) is 0 Å². The van der Waals surface area contributed by atoms with Crippen molar-refractivity contribution in [2.45, 2.75) is 12.3 Å². The van der Waals surface area contributed by atoms with Crippen LogP contribution in [0.15, 0.2) is 6.07 Å². The number of rotatable bonds is 3. The van der Waals surface area contributed by atoms with Gasteiger partial charge >= 0.3 is 6.18 Å². The lowest BCUT2D eigenvalue weighted by atomic mass is 10.2. The first kappa shape index (κ1) is 14.7. The summed E-state index contributed by atoms with van der Waals surface area (Å²) in [4.78, 5) is 0. The van der Waals surface area contributed by atoms with Gasteiger partial charge in [0.2, 0.25) is 0 Å². The molecule has 0 amide bonds. The summed E-state index contributed by atoms with van der Waals surface area (Å²) in [5.74, 6) is -1.07. The molecule has 0 aromatic heterocycles. The fourth-order valence-corrected chi connectivity index (χ4v) is 1.31. The molecule has 102 valence electrons. The van der Waals surface area contributed by atoms with Crippen molar-refractivity contribution in [3.63, 3.8) is 0 Å². The van der Waals surface area contributed by atoms with Crippen LogP contribution in [0.5, 0.6) is 0 Å². The number of hydrogen-bond donors (Lipinski definition) is 4. The van der Waals surface area contributed by atoms with Crippen LogP contribution in [0.2, 0.25) is 5.02 Å². The van der Waals surface area contributed by atoms with Crippen LogP contribution in [0.4, 0.5) is 34.6 Å². The Morgan fingerprint density at radius 2 is 1.89 bits per heavy atom. The fourth-order valence-electron chi connectivity index (χ4n) is 1.16. The third kappa shape index (κ3) is 3.08. The highest BCUT2D eigenvalue weighted by atomic mass is 35.5. The minimum absolute atomic E-state index is 0.131. The summed E-state index contributed by atoms with van der Waals surface area (Å²) in [5.41, 5.74) is 9.92. The molecule has 1 rings (SSSR count). The molecular formula is C9H10ClF4N3O. The zero-order valence-electron chi connectivity index (χ0n) is 8.85. The standard InChI is InChI=1S/C9H10ClF4N3O/c10-6-3(15)1-4(16)8(7(6)11)17-2-5(18)9(12,13)14/h1,5,17-18H,2,15-16H2. The fraction of sp³-hybridized carbons (Fsp3) is 0.333. The molecule has 0 saturated carbocycles. The van der Waals surface area contributed by atoms with Crippen molar-refractivity contribution >= 4 is 28.7 Å². The van der Waals surface area contributed by atoms with Crippen molar-refractivity contribution in [3.8, 4) is 0 Å². The zero-order valence-corrected chi connectivity index (χ0v) is 9.61. The van der Waals surface area contributed by atoms with Crippen LogP contribution in [0.3, 0.4) is 0 Å². The molecule has 0 saturated heterocycles. The van der Waals surface area contributed by atoms with Crippen molar-refractivity contribution in [2.75, 3.05) is 23.3 Å². The molecule has 0 aliphatic carbocycles. The van der Waals surface area contributed by atoms with Gasteiger partial charge in [-0.3, -0.25) is 0 Å². The van der Waals surface area contributed by atoms with E-state index in [1.807, 2.05) is 5.32 Å². The van der Waals surface area contributed by atoms with E-state index in [1.165, 1.54) is 0 Å². The molecule has 1 atom stereocenters. The highest BCUT2D eigenvalue weighted by molar-refractivity contribution is 6.33. The van der Waals surface area contributed by atoms with Crippen LogP contribution < -0.4 is 16.8 Å². The van der Waals surface area contributed by atoms with Crippen LogP contribution >= 0.6 is 11.6 Å². The van der Waals surface area contributed by atoms with Gasteiger partial charge in [0.15, 0.2) is 11.9 Å². The lowest BCUT2D eigenvalue weighted by Crippen LogP contribution is -2.35. The summed E-state index contributed by atoms with van der Waals surface area (Å²) < 4.78 is 49.7. The Balaban J connectivity index is 2.90. The van der Waals surface area contributed by atoms with Gasteiger partial charge in [0.1, 0.15) is 5.02 Å². The van der Waals surface area contributed by atoms with Crippen LogP contribution in [-0.4, -0.2) is 23.9 Å². The van der Waals surface area contributed by atoms with Crippen LogP contribution in [0.1, 0.15) is 0 Å². The zero-order chi connectivity index (χ0) is 14.1. The molecule has 0 heterocycles. The highest BCUT2D eigenvalue weighted by Gasteiger charge is 2.38. The Labute approximate surface area is 105 Å². The first-order chi connectivity index (χ1) is 8.14. The average Bonchev–Trinajstić information content (AvgIpc) is 2.24. The van der Waals surface area contributed by atoms with E-state index >= 15 is 0 Å². The molecule has 1 aromatic carbocycles. The monoisotopic (exact) mass is 287 g/mol. The lowest BCUT2D eigenvalue weighted by Gasteiger charge is -2.17. The third-order valence-corrected chi connectivity index (χ3v) is 2.50. The summed E-state index contributed by atoms with van der Waals surface area (Å²) in [6.45, 7) is -0.954. The highest BCUT2D eigenvalue weighted by Crippen LogP contribution is 2.34. The number of benzene rings is 1. The lowest BCUT2D eigenvalue weighted by molar-refractivity contribution is -0.198. The van der Waals surface area contributed by atoms with E-state index in [1.54, 1.807) is 0 Å². The average molecular weight is 288 g/mol. The second-order valence-electron chi connectivity index (χ2n) is 3.50. The van der Waals surface area contributed by atoms with Crippen LogP contribution in [-0.2, 0) is 0 Å². The third-order valence-electron chi connectivity index (χ3n) is 2.12. The molecule has 0 radical (unpaired) electrons. The van der Waals surface area contributed by atoms with Gasteiger partial charge in [-0.1, -0.05) is 11.6 Å². The van der Waals surface area contributed by atoms with Gasteiger partial charge < -0.3 is 21.9 Å². The summed E-state index contributed by atoms with van der Waals surface area (Å²) >= 11 is 5.48. The number of halogens is 5. The minimum atomic E-state index is -4.81. The van der Waals surface area contributed by atoms with Crippen LogP contribution in [0.25, 0.3) is 0 Å². The van der Waals surface area contributed by atoms with Gasteiger partial charge in [0, 0.05) is 6.54 Å². The molecule has 1 aromatic rings. The maximum atomic E-state index is 13.6. The second kappa shape index (κ2) is 5.07. The Hall–Kier alpha value is -1.41. The van der Waals surface area contributed by atoms with E-state index in [-0.39, 0.29) is 11.4 Å². The molecule has 0 aliphatic heterocycles. The minimum Gasteiger partial charge on any atom is -0.397 e. The van der Waals surface area contributed by atoms with Crippen molar-refractivity contribution in [3.05, 3.63) is 16.9 Å². The van der Waals surface area contributed by atoms with Crippen LogP contribution in [0, 0.1) is 5.82 Å². The molecule has 18 heavy (non-hydrogen) atoms. The molecule has 9 heteroatoms. The topological polar surface area (TPSA) is 84.3 Å². The number of nitrogens with two attached hydrogens (primary N) is 2. The molecule has 0 spiro atoms. The van der Waals surface area contributed by atoms with Crippen molar-refractivity contribution in [1.29, 1.82) is 0 Å². The van der Waals surface area contributed by atoms with Crippen molar-refractivity contribution < 1.29 is 22.7 Å². The maximum absolute atomic E-state index is 13.6. The van der Waals surface area contributed by atoms with Gasteiger partial charge in [-0.2, -0.15) is 13.2 Å². The number of aliphatic hydroxyl groups excluding tert-OH is 1. The van der Waals surface area contributed by atoms with Crippen molar-refractivity contribution in [2.24, 2.45) is 0 Å². The summed E-state index contributed by atoms with van der Waals surface area (Å²) in [7, 11) is 0. The molecule has 0 aliphatic rings. The molecule has 6 N–H and O–H groups in total. The van der Waals surface area contributed by atoms with E-state index < -0.39 is 35.4 Å². The van der Waals surface area contributed by atoms with E-state index in [4.69, 9.17) is 28.2 Å². The molecule has 4 nitrogen and oxygen atoms in total. The Bertz CT molecular complexity index is 452. The molecule has 0 fully saturated rings. The number of anilines is 3. The maximum Gasteiger partial charge on any atom is 0.416 e. The number of aliphatic hydroxyl groups is 1. The molecule has 1 unspecified atom stereocenters. The summed E-state index contributed by atoms with van der Waals surface area (Å²) in [6, 6.07) is 1.10. The summed E-state index contributed by atoms with van der Waals surface area (Å²) in [5, 5.41) is 10.3. The second-order valence-corrected chi connectivity index (χ2v) is 3.87. The first-order valence-electron chi connectivity index (χ1n) is 4.66. The number of nitrogens with one attached hydrogen (secondary N) is 1.